The Morgan fingerprint density at radius 3 is 2.37 bits per heavy atom. The van der Waals surface area contributed by atoms with Crippen LogP contribution in [0.1, 0.15) is 10.4 Å². The molecule has 1 N–H and O–H groups in total. The highest BCUT2D eigenvalue weighted by molar-refractivity contribution is 7.92. The molecule has 0 heterocycles. The summed E-state index contributed by atoms with van der Waals surface area (Å²) in [5.74, 6) is -0.539. The number of methoxy groups -OCH3 is 1. The zero-order valence-corrected chi connectivity index (χ0v) is 17.5. The Kier molecular flexibility index (Phi) is 6.07. The first kappa shape index (κ1) is 21.3. The van der Waals surface area contributed by atoms with Crippen molar-refractivity contribution in [1.82, 2.24) is 0 Å². The van der Waals surface area contributed by atoms with Gasteiger partial charge in [-0.15, -0.1) is 0 Å². The number of benzene rings is 3. The topological polar surface area (TPSA) is 75.7 Å². The van der Waals surface area contributed by atoms with Gasteiger partial charge in [-0.25, -0.2) is 12.8 Å². The number of ether oxygens (including phenoxy) is 1. The molecule has 0 unspecified atom stereocenters. The van der Waals surface area contributed by atoms with E-state index in [9.17, 15) is 17.6 Å². The lowest BCUT2D eigenvalue weighted by Crippen LogP contribution is -2.26. The summed E-state index contributed by atoms with van der Waals surface area (Å²) in [5.41, 5.74) is 1.58. The Hall–Kier alpha value is -3.39. The molecule has 3 aromatic carbocycles. The largest absolute Gasteiger partial charge is 0.496 e. The van der Waals surface area contributed by atoms with E-state index >= 15 is 0 Å². The normalized spacial score (nSPS) is 11.1. The summed E-state index contributed by atoms with van der Waals surface area (Å²) >= 11 is 0. The lowest BCUT2D eigenvalue weighted by Gasteiger charge is -2.22. The number of rotatable bonds is 6. The second-order valence-electron chi connectivity index (χ2n) is 6.60. The smallest absolute Gasteiger partial charge is 0.259 e. The van der Waals surface area contributed by atoms with Gasteiger partial charge in [0.2, 0.25) is 10.0 Å². The number of sulfonamides is 1. The minimum absolute atomic E-state index is 0.222. The maximum Gasteiger partial charge on any atom is 0.259 e. The van der Waals surface area contributed by atoms with Crippen LogP contribution in [0, 0.1) is 5.82 Å². The Labute approximate surface area is 175 Å². The molecule has 0 aromatic heterocycles. The first-order chi connectivity index (χ1) is 14.2. The van der Waals surface area contributed by atoms with Crippen LogP contribution >= 0.6 is 0 Å². The molecule has 3 aromatic rings. The van der Waals surface area contributed by atoms with Gasteiger partial charge < -0.3 is 10.1 Å². The van der Waals surface area contributed by atoms with Gasteiger partial charge in [0.1, 0.15) is 11.6 Å². The Balaban J connectivity index is 2.10. The molecule has 0 saturated heterocycles. The Morgan fingerprint density at radius 2 is 1.70 bits per heavy atom. The van der Waals surface area contributed by atoms with Crippen molar-refractivity contribution in [3.8, 4) is 16.9 Å². The SMILES string of the molecule is COc1ccccc1C(=O)Nc1cc(-c2ccccc2F)ccc1N(C)S(C)(=O)=O. The summed E-state index contributed by atoms with van der Waals surface area (Å²) in [6, 6.07) is 17.6. The second kappa shape index (κ2) is 8.54. The van der Waals surface area contributed by atoms with Crippen LogP contribution in [0.2, 0.25) is 0 Å². The molecule has 0 bridgehead atoms. The highest BCUT2D eigenvalue weighted by Crippen LogP contribution is 2.34. The summed E-state index contributed by atoms with van der Waals surface area (Å²) in [6.07, 6.45) is 1.06. The number of amides is 1. The number of para-hydroxylation sites is 1. The van der Waals surface area contributed by atoms with Crippen molar-refractivity contribution in [2.75, 3.05) is 30.0 Å². The van der Waals surface area contributed by atoms with Gasteiger partial charge in [-0.1, -0.05) is 36.4 Å². The predicted octanol–water partition coefficient (Wildman–Crippen LogP) is 4.15. The molecule has 0 saturated carbocycles. The van der Waals surface area contributed by atoms with E-state index in [0.29, 0.717) is 16.9 Å². The standard InChI is InChI=1S/C22H21FN2O4S/c1-25(30(3,27)28)20-13-12-15(16-8-4-6-10-18(16)23)14-19(20)24-22(26)17-9-5-7-11-21(17)29-2/h4-14H,1-3H3,(H,24,26). The zero-order chi connectivity index (χ0) is 21.9. The van der Waals surface area contributed by atoms with Crippen LogP contribution in [0.4, 0.5) is 15.8 Å². The average molecular weight is 428 g/mol. The first-order valence-electron chi connectivity index (χ1n) is 8.99. The van der Waals surface area contributed by atoms with Gasteiger partial charge in [-0.2, -0.15) is 0 Å². The van der Waals surface area contributed by atoms with Gasteiger partial charge in [0.25, 0.3) is 5.91 Å². The van der Waals surface area contributed by atoms with Gasteiger partial charge in [-0.3, -0.25) is 9.10 Å². The molecular formula is C22H21FN2O4S. The fourth-order valence-electron chi connectivity index (χ4n) is 2.97. The second-order valence-corrected chi connectivity index (χ2v) is 8.61. The van der Waals surface area contributed by atoms with Crippen LogP contribution in [0.25, 0.3) is 11.1 Å². The van der Waals surface area contributed by atoms with Gasteiger partial charge in [0.05, 0.1) is 30.3 Å². The van der Waals surface area contributed by atoms with Crippen molar-refractivity contribution in [2.45, 2.75) is 0 Å². The lowest BCUT2D eigenvalue weighted by atomic mass is 10.0. The highest BCUT2D eigenvalue weighted by Gasteiger charge is 2.20. The number of nitrogens with zero attached hydrogens (tertiary/aromatic N) is 1. The molecule has 0 atom stereocenters. The molecule has 30 heavy (non-hydrogen) atoms. The van der Waals surface area contributed by atoms with E-state index in [1.54, 1.807) is 54.6 Å². The summed E-state index contributed by atoms with van der Waals surface area (Å²) < 4.78 is 44.7. The van der Waals surface area contributed by atoms with Crippen molar-refractivity contribution < 1.29 is 22.3 Å². The summed E-state index contributed by atoms with van der Waals surface area (Å²) in [4.78, 5) is 12.9. The third kappa shape index (κ3) is 4.44. The lowest BCUT2D eigenvalue weighted by molar-refractivity contribution is 0.102. The number of carbonyl (C=O) groups is 1. The molecule has 0 spiro atoms. The molecule has 0 radical (unpaired) electrons. The molecule has 0 fully saturated rings. The van der Waals surface area contributed by atoms with E-state index in [1.165, 1.54) is 26.3 Å². The van der Waals surface area contributed by atoms with Gasteiger partial charge in [-0.05, 0) is 35.9 Å². The predicted molar refractivity (Wildman–Crippen MR) is 116 cm³/mol. The van der Waals surface area contributed by atoms with Crippen molar-refractivity contribution in [2.24, 2.45) is 0 Å². The van der Waals surface area contributed by atoms with Crippen LogP contribution in [-0.2, 0) is 10.0 Å². The monoisotopic (exact) mass is 428 g/mol. The number of hydrogen-bond acceptors (Lipinski definition) is 4. The van der Waals surface area contributed by atoms with Gasteiger partial charge >= 0.3 is 0 Å². The van der Waals surface area contributed by atoms with E-state index in [-0.39, 0.29) is 16.9 Å². The van der Waals surface area contributed by atoms with E-state index in [4.69, 9.17) is 4.74 Å². The van der Waals surface area contributed by atoms with Crippen LogP contribution in [0.5, 0.6) is 5.75 Å². The van der Waals surface area contributed by atoms with Crippen LogP contribution in [0.3, 0.4) is 0 Å². The quantitative estimate of drug-likeness (QED) is 0.640. The van der Waals surface area contributed by atoms with Crippen LogP contribution < -0.4 is 14.4 Å². The van der Waals surface area contributed by atoms with E-state index in [0.717, 1.165) is 10.6 Å². The summed E-state index contributed by atoms with van der Waals surface area (Å²) in [5, 5.41) is 2.74. The highest BCUT2D eigenvalue weighted by atomic mass is 32.2. The van der Waals surface area contributed by atoms with Gasteiger partial charge in [0.15, 0.2) is 0 Å². The minimum atomic E-state index is -3.59. The van der Waals surface area contributed by atoms with E-state index in [2.05, 4.69) is 5.32 Å². The molecular weight excluding hydrogens is 407 g/mol. The first-order valence-corrected chi connectivity index (χ1v) is 10.8. The van der Waals surface area contributed by atoms with Crippen molar-refractivity contribution in [3.05, 3.63) is 78.1 Å². The number of carbonyl (C=O) groups excluding carboxylic acids is 1. The zero-order valence-electron chi connectivity index (χ0n) is 16.7. The van der Waals surface area contributed by atoms with Crippen molar-refractivity contribution in [1.29, 1.82) is 0 Å². The van der Waals surface area contributed by atoms with E-state index in [1.807, 2.05) is 0 Å². The van der Waals surface area contributed by atoms with Gasteiger partial charge in [0, 0.05) is 12.6 Å². The fourth-order valence-corrected chi connectivity index (χ4v) is 3.49. The molecule has 0 aliphatic rings. The third-order valence-corrected chi connectivity index (χ3v) is 5.81. The van der Waals surface area contributed by atoms with Crippen LogP contribution in [0.15, 0.2) is 66.7 Å². The Morgan fingerprint density at radius 1 is 1.03 bits per heavy atom. The molecule has 1 amide bonds. The number of nitrogens with one attached hydrogen (secondary N) is 1. The maximum absolute atomic E-state index is 14.3. The molecule has 0 aliphatic heterocycles. The number of anilines is 2. The maximum atomic E-state index is 14.3. The average Bonchev–Trinajstić information content (AvgIpc) is 2.73. The molecule has 3 rings (SSSR count). The molecule has 156 valence electrons. The fraction of sp³-hybridized carbons (Fsp3) is 0.136. The third-order valence-electron chi connectivity index (χ3n) is 4.62. The molecule has 0 aliphatic carbocycles. The van der Waals surface area contributed by atoms with Crippen LogP contribution in [-0.4, -0.2) is 34.7 Å². The summed E-state index contributed by atoms with van der Waals surface area (Å²) in [6.45, 7) is 0. The Bertz CT molecular complexity index is 1200. The molecule has 6 nitrogen and oxygen atoms in total. The summed E-state index contributed by atoms with van der Waals surface area (Å²) in [7, 11) is -0.761. The number of hydrogen-bond donors (Lipinski definition) is 1. The van der Waals surface area contributed by atoms with E-state index < -0.39 is 21.7 Å². The number of halogens is 1. The molecule has 8 heteroatoms. The minimum Gasteiger partial charge on any atom is -0.496 e. The van der Waals surface area contributed by atoms with Crippen molar-refractivity contribution >= 4 is 27.3 Å². The van der Waals surface area contributed by atoms with Crippen molar-refractivity contribution in [3.63, 3.8) is 0 Å².